The molecule has 0 unspecified atom stereocenters. The number of carboxylic acids is 1. The van der Waals surface area contributed by atoms with E-state index in [1.165, 1.54) is 6.07 Å². The van der Waals surface area contributed by atoms with Gasteiger partial charge in [0.05, 0.1) is 28.9 Å². The fraction of sp³-hybridized carbons (Fsp3) is 0.217. The van der Waals surface area contributed by atoms with Gasteiger partial charge in [0.1, 0.15) is 11.5 Å². The number of benzene rings is 2. The molecule has 4 rings (SSSR count). The van der Waals surface area contributed by atoms with Gasteiger partial charge < -0.3 is 14.8 Å². The van der Waals surface area contributed by atoms with Crippen LogP contribution in [0.3, 0.4) is 0 Å². The SMILES string of the molecule is O=C(O)c1ccccc1NC(=O)[C@H]1CCCN1Cc1ccc(-c2cc(Cl)ccc2Cl)o1. The fourth-order valence-corrected chi connectivity index (χ4v) is 4.18. The third-order valence-corrected chi connectivity index (χ3v) is 5.86. The minimum absolute atomic E-state index is 0.0643. The summed E-state index contributed by atoms with van der Waals surface area (Å²) < 4.78 is 5.97. The van der Waals surface area contributed by atoms with Gasteiger partial charge in [0.2, 0.25) is 5.91 Å². The van der Waals surface area contributed by atoms with Crippen molar-refractivity contribution in [3.05, 3.63) is 76.0 Å². The van der Waals surface area contributed by atoms with E-state index in [0.29, 0.717) is 45.8 Å². The van der Waals surface area contributed by atoms with Crippen molar-refractivity contribution in [2.45, 2.75) is 25.4 Å². The van der Waals surface area contributed by atoms with Crippen LogP contribution in [0.2, 0.25) is 10.0 Å². The van der Waals surface area contributed by atoms with E-state index in [2.05, 4.69) is 5.32 Å². The summed E-state index contributed by atoms with van der Waals surface area (Å²) >= 11 is 12.3. The predicted molar refractivity (Wildman–Crippen MR) is 120 cm³/mol. The number of furan rings is 1. The van der Waals surface area contributed by atoms with Gasteiger partial charge in [0.25, 0.3) is 0 Å². The van der Waals surface area contributed by atoms with Crippen molar-refractivity contribution in [1.29, 1.82) is 0 Å². The van der Waals surface area contributed by atoms with E-state index in [1.807, 2.05) is 17.0 Å². The van der Waals surface area contributed by atoms with Gasteiger partial charge in [-0.1, -0.05) is 35.3 Å². The number of aromatic carboxylic acids is 1. The number of amides is 1. The average Bonchev–Trinajstić information content (AvgIpc) is 3.40. The predicted octanol–water partition coefficient (Wildman–Crippen LogP) is 5.55. The topological polar surface area (TPSA) is 82.8 Å². The van der Waals surface area contributed by atoms with Crippen molar-refractivity contribution in [3.63, 3.8) is 0 Å². The second-order valence-corrected chi connectivity index (χ2v) is 8.20. The monoisotopic (exact) mass is 458 g/mol. The Balaban J connectivity index is 1.47. The average molecular weight is 459 g/mol. The Kier molecular flexibility index (Phi) is 6.32. The molecule has 1 saturated heterocycles. The summed E-state index contributed by atoms with van der Waals surface area (Å²) in [6.07, 6.45) is 1.56. The van der Waals surface area contributed by atoms with Gasteiger partial charge in [-0.2, -0.15) is 0 Å². The van der Waals surface area contributed by atoms with Gasteiger partial charge in [-0.15, -0.1) is 0 Å². The van der Waals surface area contributed by atoms with Crippen LogP contribution >= 0.6 is 23.2 Å². The Hall–Kier alpha value is -2.80. The molecule has 2 N–H and O–H groups in total. The summed E-state index contributed by atoms with van der Waals surface area (Å²) in [5.74, 6) is 0.00703. The van der Waals surface area contributed by atoms with Gasteiger partial charge in [0, 0.05) is 10.6 Å². The van der Waals surface area contributed by atoms with Crippen LogP contribution in [-0.2, 0) is 11.3 Å². The summed E-state index contributed by atoms with van der Waals surface area (Å²) in [5.41, 5.74) is 1.07. The lowest BCUT2D eigenvalue weighted by molar-refractivity contribution is -0.120. The van der Waals surface area contributed by atoms with E-state index in [4.69, 9.17) is 27.6 Å². The lowest BCUT2D eigenvalue weighted by Crippen LogP contribution is -2.39. The molecule has 0 aliphatic carbocycles. The maximum absolute atomic E-state index is 12.9. The fourth-order valence-electron chi connectivity index (χ4n) is 3.80. The van der Waals surface area contributed by atoms with Crippen LogP contribution in [-0.4, -0.2) is 34.5 Å². The number of carbonyl (C=O) groups excluding carboxylic acids is 1. The number of nitrogens with zero attached hydrogens (tertiary/aromatic N) is 1. The maximum Gasteiger partial charge on any atom is 0.337 e. The second kappa shape index (κ2) is 9.14. The first-order valence-electron chi connectivity index (χ1n) is 9.84. The van der Waals surface area contributed by atoms with Gasteiger partial charge in [-0.05, 0) is 61.9 Å². The molecule has 1 amide bonds. The highest BCUT2D eigenvalue weighted by Gasteiger charge is 2.32. The molecule has 0 bridgehead atoms. The molecule has 0 radical (unpaired) electrons. The van der Waals surface area contributed by atoms with E-state index < -0.39 is 5.97 Å². The molecule has 2 aromatic carbocycles. The largest absolute Gasteiger partial charge is 0.478 e. The first-order chi connectivity index (χ1) is 14.9. The molecule has 1 aromatic heterocycles. The Labute approximate surface area is 189 Å². The second-order valence-electron chi connectivity index (χ2n) is 7.36. The van der Waals surface area contributed by atoms with Crippen molar-refractivity contribution in [2.24, 2.45) is 0 Å². The highest BCUT2D eigenvalue weighted by atomic mass is 35.5. The van der Waals surface area contributed by atoms with Gasteiger partial charge in [-0.25, -0.2) is 4.79 Å². The Bertz CT molecular complexity index is 1130. The number of para-hydroxylation sites is 1. The molecule has 6 nitrogen and oxygen atoms in total. The number of hydrogen-bond donors (Lipinski definition) is 2. The van der Waals surface area contributed by atoms with Crippen molar-refractivity contribution in [1.82, 2.24) is 4.90 Å². The summed E-state index contributed by atoms with van der Waals surface area (Å²) in [6, 6.07) is 14.9. The summed E-state index contributed by atoms with van der Waals surface area (Å²) in [6.45, 7) is 1.20. The molecular formula is C23H20Cl2N2O4. The molecule has 0 spiro atoms. The first-order valence-corrected chi connectivity index (χ1v) is 10.6. The zero-order chi connectivity index (χ0) is 22.0. The number of carboxylic acid groups (broad SMARTS) is 1. The van der Waals surface area contributed by atoms with E-state index in [-0.39, 0.29) is 17.5 Å². The third kappa shape index (κ3) is 4.77. The number of likely N-dealkylation sites (tertiary alicyclic amines) is 1. The summed E-state index contributed by atoms with van der Waals surface area (Å²) in [5, 5.41) is 13.2. The van der Waals surface area contributed by atoms with Crippen molar-refractivity contribution in [3.8, 4) is 11.3 Å². The standard InChI is InChI=1S/C23H20Cl2N2O4/c24-14-7-9-18(25)17(12-14)21-10-8-15(31-21)13-27-11-3-6-20(27)22(28)26-19-5-2-1-4-16(19)23(29)30/h1-2,4-5,7-10,12,20H,3,6,11,13H2,(H,26,28)(H,29,30)/t20-/m1/s1. The van der Waals surface area contributed by atoms with Gasteiger partial charge in [0.15, 0.2) is 0 Å². The highest BCUT2D eigenvalue weighted by molar-refractivity contribution is 6.35. The molecule has 1 atom stereocenters. The zero-order valence-corrected chi connectivity index (χ0v) is 18.0. The summed E-state index contributed by atoms with van der Waals surface area (Å²) in [4.78, 5) is 26.3. The number of carbonyl (C=O) groups is 2. The molecule has 31 heavy (non-hydrogen) atoms. The van der Waals surface area contributed by atoms with E-state index >= 15 is 0 Å². The van der Waals surface area contributed by atoms with Crippen molar-refractivity contribution >= 4 is 40.8 Å². The smallest absolute Gasteiger partial charge is 0.337 e. The summed E-state index contributed by atoms with van der Waals surface area (Å²) in [7, 11) is 0. The van der Waals surface area contributed by atoms with Crippen LogP contribution in [0.15, 0.2) is 59.0 Å². The lowest BCUT2D eigenvalue weighted by Gasteiger charge is -2.23. The molecule has 3 aromatic rings. The highest BCUT2D eigenvalue weighted by Crippen LogP contribution is 2.32. The van der Waals surface area contributed by atoms with E-state index in [1.54, 1.807) is 36.4 Å². The van der Waals surface area contributed by atoms with Gasteiger partial charge in [-0.3, -0.25) is 9.69 Å². The number of hydrogen-bond acceptors (Lipinski definition) is 4. The van der Waals surface area contributed by atoms with Crippen molar-refractivity contribution in [2.75, 3.05) is 11.9 Å². The maximum atomic E-state index is 12.9. The van der Waals surface area contributed by atoms with E-state index in [9.17, 15) is 14.7 Å². The number of nitrogens with one attached hydrogen (secondary N) is 1. The van der Waals surface area contributed by atoms with Crippen LogP contribution in [0.4, 0.5) is 5.69 Å². The first kappa shape index (κ1) is 21.4. The Morgan fingerprint density at radius 2 is 1.94 bits per heavy atom. The minimum Gasteiger partial charge on any atom is -0.478 e. The number of anilines is 1. The quantitative estimate of drug-likeness (QED) is 0.505. The van der Waals surface area contributed by atoms with Crippen molar-refractivity contribution < 1.29 is 19.1 Å². The molecule has 160 valence electrons. The van der Waals surface area contributed by atoms with Crippen LogP contribution in [0, 0.1) is 0 Å². The third-order valence-electron chi connectivity index (χ3n) is 5.30. The number of rotatable bonds is 6. The van der Waals surface area contributed by atoms with E-state index in [0.717, 1.165) is 13.0 Å². The van der Waals surface area contributed by atoms with Crippen LogP contribution < -0.4 is 5.32 Å². The van der Waals surface area contributed by atoms with Gasteiger partial charge >= 0.3 is 5.97 Å². The Morgan fingerprint density at radius 3 is 2.74 bits per heavy atom. The van der Waals surface area contributed by atoms with Crippen LogP contribution in [0.1, 0.15) is 29.0 Å². The molecule has 1 aliphatic rings. The molecular weight excluding hydrogens is 439 g/mol. The zero-order valence-electron chi connectivity index (χ0n) is 16.5. The lowest BCUT2D eigenvalue weighted by atomic mass is 10.1. The molecule has 0 saturated carbocycles. The molecule has 1 fully saturated rings. The molecule has 8 heteroatoms. The van der Waals surface area contributed by atoms with Crippen LogP contribution in [0.5, 0.6) is 0 Å². The minimum atomic E-state index is -1.08. The van der Waals surface area contributed by atoms with Crippen LogP contribution in [0.25, 0.3) is 11.3 Å². The Morgan fingerprint density at radius 1 is 1.13 bits per heavy atom. The number of halogens is 2. The normalized spacial score (nSPS) is 16.4. The molecule has 2 heterocycles. The molecule has 1 aliphatic heterocycles.